The first kappa shape index (κ1) is 21.6. The zero-order chi connectivity index (χ0) is 19.5. The van der Waals surface area contributed by atoms with E-state index in [4.69, 9.17) is 4.74 Å². The molecule has 27 heavy (non-hydrogen) atoms. The summed E-state index contributed by atoms with van der Waals surface area (Å²) in [6.45, 7) is 2.25. The average Bonchev–Trinajstić information content (AvgIpc) is 2.67. The Balaban J connectivity index is 1.73. The molecule has 6 heteroatoms. The molecule has 5 nitrogen and oxygen atoms in total. The molecule has 2 rings (SSSR count). The Morgan fingerprint density at radius 1 is 1.04 bits per heavy atom. The normalized spacial score (nSPS) is 11.2. The predicted octanol–water partition coefficient (Wildman–Crippen LogP) is 5.18. The largest absolute Gasteiger partial charge is 0.617 e. The van der Waals surface area contributed by atoms with Crippen molar-refractivity contribution < 1.29 is 9.47 Å². The molecule has 0 radical (unpaired) electrons. The van der Waals surface area contributed by atoms with Crippen LogP contribution in [0.2, 0.25) is 0 Å². The van der Waals surface area contributed by atoms with Gasteiger partial charge in [-0.15, -0.1) is 0 Å². The summed E-state index contributed by atoms with van der Waals surface area (Å²) >= 11 is 1.35. The second-order valence-corrected chi connectivity index (χ2v) is 8.05. The molecule has 0 aliphatic carbocycles. The second kappa shape index (κ2) is 11.9. The van der Waals surface area contributed by atoms with Crippen molar-refractivity contribution in [3.8, 4) is 5.75 Å². The highest BCUT2D eigenvalue weighted by atomic mass is 32.2. The first-order valence-electron chi connectivity index (χ1n) is 10.1. The van der Waals surface area contributed by atoms with Gasteiger partial charge in [-0.05, 0) is 24.2 Å². The number of hydrogen-bond acceptors (Lipinski definition) is 4. The van der Waals surface area contributed by atoms with Gasteiger partial charge in [0.2, 0.25) is 5.52 Å². The quantitative estimate of drug-likeness (QED) is 0.221. The Morgan fingerprint density at radius 3 is 2.30 bits per heavy atom. The summed E-state index contributed by atoms with van der Waals surface area (Å²) in [4.78, 5) is 15.0. The van der Waals surface area contributed by atoms with E-state index in [0.717, 1.165) is 23.3 Å². The number of benzene rings is 1. The average molecular weight is 393 g/mol. The number of aromatic nitrogens is 2. The third-order valence-corrected chi connectivity index (χ3v) is 5.90. The molecule has 0 aliphatic heterocycles. The van der Waals surface area contributed by atoms with Gasteiger partial charge in [-0.3, -0.25) is 4.79 Å². The van der Waals surface area contributed by atoms with Crippen LogP contribution in [0.3, 0.4) is 0 Å². The van der Waals surface area contributed by atoms with Crippen LogP contribution in [0.1, 0.15) is 71.1 Å². The van der Waals surface area contributed by atoms with Gasteiger partial charge in [0.15, 0.2) is 0 Å². The molecule has 0 unspecified atom stereocenters. The van der Waals surface area contributed by atoms with Crippen LogP contribution >= 0.6 is 11.8 Å². The van der Waals surface area contributed by atoms with Gasteiger partial charge in [-0.1, -0.05) is 64.7 Å². The number of H-pyrrole nitrogens is 1. The molecule has 0 saturated carbocycles. The number of fused-ring (bicyclic) bond motifs is 1. The first-order valence-corrected chi connectivity index (χ1v) is 11.1. The lowest BCUT2D eigenvalue weighted by atomic mass is 10.1. The van der Waals surface area contributed by atoms with Crippen molar-refractivity contribution >= 4 is 22.8 Å². The number of nitrogens with zero attached hydrogens (tertiary/aromatic N) is 1. The Bertz CT molecular complexity index is 761. The lowest BCUT2D eigenvalue weighted by molar-refractivity contribution is -0.620. The number of unbranched alkanes of at least 4 members (excludes halogenated alkanes) is 9. The Morgan fingerprint density at radius 2 is 1.67 bits per heavy atom. The van der Waals surface area contributed by atoms with Gasteiger partial charge in [-0.25, -0.2) is 0 Å². The lowest BCUT2D eigenvalue weighted by Gasteiger charge is -2.07. The van der Waals surface area contributed by atoms with E-state index in [9.17, 15) is 10.0 Å². The predicted molar refractivity (Wildman–Crippen MR) is 113 cm³/mol. The Labute approximate surface area is 166 Å². The Hall–Kier alpha value is -1.69. The van der Waals surface area contributed by atoms with Gasteiger partial charge in [0.25, 0.3) is 0 Å². The summed E-state index contributed by atoms with van der Waals surface area (Å²) in [7, 11) is 1.56. The van der Waals surface area contributed by atoms with Crippen LogP contribution in [0.15, 0.2) is 28.0 Å². The third-order valence-electron chi connectivity index (χ3n) is 4.79. The zero-order valence-electron chi connectivity index (χ0n) is 16.6. The second-order valence-electron chi connectivity index (χ2n) is 6.97. The molecule has 0 saturated heterocycles. The van der Waals surface area contributed by atoms with Crippen LogP contribution in [-0.4, -0.2) is 17.8 Å². The number of hydrogen-bond donors (Lipinski definition) is 1. The van der Waals surface area contributed by atoms with Crippen molar-refractivity contribution in [1.29, 1.82) is 0 Å². The molecule has 1 aromatic carbocycles. The standard InChI is InChI=1S/C21H32N2O3S/c1-3-4-5-6-7-8-9-10-11-12-15-27-21-20(24)22-18-16-17(26-2)13-14-19(18)23(21)25/h13-14,16H,3-12,15H2,1-2H3,(H,22,24). The molecule has 0 aliphatic rings. The zero-order valence-corrected chi connectivity index (χ0v) is 17.4. The van der Waals surface area contributed by atoms with Crippen LogP contribution in [0, 0.1) is 5.21 Å². The van der Waals surface area contributed by atoms with E-state index in [0.29, 0.717) is 16.8 Å². The van der Waals surface area contributed by atoms with E-state index in [1.165, 1.54) is 63.1 Å². The van der Waals surface area contributed by atoms with Crippen LogP contribution in [0.5, 0.6) is 5.75 Å². The highest BCUT2D eigenvalue weighted by Gasteiger charge is 2.17. The maximum atomic E-state index is 12.5. The SMILES string of the molecule is CCCCCCCCCCCCSc1c(=O)[nH]c2cc(OC)ccc2[n+]1[O-]. The minimum absolute atomic E-state index is 0.226. The van der Waals surface area contributed by atoms with Gasteiger partial charge in [0.05, 0.1) is 7.11 Å². The number of ether oxygens (including phenoxy) is 1. The third kappa shape index (κ3) is 6.76. The van der Waals surface area contributed by atoms with E-state index >= 15 is 0 Å². The van der Waals surface area contributed by atoms with Crippen LogP contribution in [-0.2, 0) is 0 Å². The van der Waals surface area contributed by atoms with Gasteiger partial charge >= 0.3 is 10.6 Å². The molecule has 0 fully saturated rings. The molecule has 2 aromatic rings. The van der Waals surface area contributed by atoms with Crippen molar-refractivity contribution in [2.24, 2.45) is 0 Å². The Kier molecular flexibility index (Phi) is 9.53. The number of nitrogens with one attached hydrogen (secondary N) is 1. The number of aromatic amines is 1. The highest BCUT2D eigenvalue weighted by molar-refractivity contribution is 7.99. The number of methoxy groups -OCH3 is 1. The van der Waals surface area contributed by atoms with E-state index in [1.807, 2.05) is 0 Å². The summed E-state index contributed by atoms with van der Waals surface area (Å²) in [5.41, 5.74) is 0.626. The fourth-order valence-corrected chi connectivity index (χ4v) is 4.12. The van der Waals surface area contributed by atoms with E-state index in [1.54, 1.807) is 25.3 Å². The van der Waals surface area contributed by atoms with Crippen molar-refractivity contribution in [3.05, 3.63) is 33.8 Å². The minimum Gasteiger partial charge on any atom is -0.617 e. The molecule has 0 amide bonds. The monoisotopic (exact) mass is 392 g/mol. The van der Waals surface area contributed by atoms with Crippen molar-refractivity contribution in [3.63, 3.8) is 0 Å². The van der Waals surface area contributed by atoms with E-state index in [-0.39, 0.29) is 10.6 Å². The van der Waals surface area contributed by atoms with Crippen LogP contribution < -0.4 is 15.0 Å². The molecule has 0 bridgehead atoms. The molecule has 1 aromatic heterocycles. The summed E-state index contributed by atoms with van der Waals surface area (Å²) in [6, 6.07) is 5.08. The molecule has 1 N–H and O–H groups in total. The highest BCUT2D eigenvalue weighted by Crippen LogP contribution is 2.19. The fraction of sp³-hybridized carbons (Fsp3) is 0.619. The van der Waals surface area contributed by atoms with Gasteiger partial charge in [0.1, 0.15) is 11.3 Å². The summed E-state index contributed by atoms with van der Waals surface area (Å²) in [5.74, 6) is 1.41. The number of rotatable bonds is 13. The van der Waals surface area contributed by atoms with Crippen LogP contribution in [0.4, 0.5) is 0 Å². The van der Waals surface area contributed by atoms with Crippen LogP contribution in [0.25, 0.3) is 11.0 Å². The smallest absolute Gasteiger partial charge is 0.329 e. The molecule has 0 spiro atoms. The van der Waals surface area contributed by atoms with Gasteiger partial charge < -0.3 is 14.9 Å². The van der Waals surface area contributed by atoms with Gasteiger partial charge in [-0.2, -0.15) is 4.73 Å². The molecule has 0 atom stereocenters. The summed E-state index contributed by atoms with van der Waals surface area (Å²) in [5, 5.41) is 12.7. The minimum atomic E-state index is -0.331. The van der Waals surface area contributed by atoms with E-state index < -0.39 is 0 Å². The molecular weight excluding hydrogens is 360 g/mol. The van der Waals surface area contributed by atoms with E-state index in [2.05, 4.69) is 11.9 Å². The maximum absolute atomic E-state index is 12.5. The van der Waals surface area contributed by atoms with Crippen molar-refractivity contribution in [1.82, 2.24) is 4.98 Å². The summed E-state index contributed by atoms with van der Waals surface area (Å²) < 4.78 is 5.88. The maximum Gasteiger partial charge on any atom is 0.329 e. The fourth-order valence-electron chi connectivity index (χ4n) is 3.18. The summed E-state index contributed by atoms with van der Waals surface area (Å²) in [6.07, 6.45) is 12.8. The molecule has 150 valence electrons. The molecular formula is C21H32N2O3S. The van der Waals surface area contributed by atoms with Crippen molar-refractivity contribution in [2.45, 2.75) is 76.2 Å². The van der Waals surface area contributed by atoms with Gasteiger partial charge in [0, 0.05) is 17.9 Å². The topological polar surface area (TPSA) is 69.0 Å². The lowest BCUT2D eigenvalue weighted by Crippen LogP contribution is -2.37. The number of thioether (sulfide) groups is 1. The van der Waals surface area contributed by atoms with Crippen molar-refractivity contribution in [2.75, 3.05) is 12.9 Å². The molecule has 1 heterocycles. The first-order chi connectivity index (χ1) is 13.2.